The lowest BCUT2D eigenvalue weighted by Gasteiger charge is -2.17. The molecule has 0 spiro atoms. The summed E-state index contributed by atoms with van der Waals surface area (Å²) in [4.78, 5) is 11.2. The smallest absolute Gasteiger partial charge is 0.304 e. The molecule has 2 atom stereocenters. The van der Waals surface area contributed by atoms with E-state index >= 15 is 0 Å². The lowest BCUT2D eigenvalue weighted by atomic mass is 9.96. The van der Waals surface area contributed by atoms with Gasteiger partial charge in [0.25, 0.3) is 0 Å². The summed E-state index contributed by atoms with van der Waals surface area (Å²) in [6, 6.07) is 20.7. The zero-order chi connectivity index (χ0) is 25.5. The minimum Gasteiger partial charge on any atom is -0.493 e. The molecular weight excluding hydrogens is 448 g/mol. The quantitative estimate of drug-likeness (QED) is 0.240. The summed E-state index contributed by atoms with van der Waals surface area (Å²) in [7, 11) is 0. The monoisotopic (exact) mass is 482 g/mol. The number of unbranched alkanes of at least 4 members (excludes halogenated alkanes) is 1. The lowest BCUT2D eigenvalue weighted by molar-refractivity contribution is -0.137. The van der Waals surface area contributed by atoms with Crippen LogP contribution in [0, 0.1) is 18.8 Å². The van der Waals surface area contributed by atoms with Gasteiger partial charge < -0.3 is 14.6 Å². The van der Waals surface area contributed by atoms with E-state index in [1.165, 1.54) is 22.3 Å². The summed E-state index contributed by atoms with van der Waals surface area (Å²) in [6.07, 6.45) is 4.05. The van der Waals surface area contributed by atoms with Crippen LogP contribution in [0.15, 0.2) is 60.7 Å². The van der Waals surface area contributed by atoms with Gasteiger partial charge in [0.1, 0.15) is 17.6 Å². The molecule has 4 rings (SSSR count). The molecule has 0 aliphatic heterocycles. The Morgan fingerprint density at radius 2 is 1.92 bits per heavy atom. The van der Waals surface area contributed by atoms with Gasteiger partial charge in [-0.1, -0.05) is 61.2 Å². The van der Waals surface area contributed by atoms with Crippen LogP contribution >= 0.6 is 0 Å². The number of rotatable bonds is 10. The fourth-order valence-corrected chi connectivity index (χ4v) is 4.73. The predicted octanol–water partition coefficient (Wildman–Crippen LogP) is 7.49. The Bertz CT molecular complexity index is 1260. The summed E-state index contributed by atoms with van der Waals surface area (Å²) in [5.74, 6) is 6.39. The number of fused-ring (bicyclic) bond motifs is 1. The van der Waals surface area contributed by atoms with Gasteiger partial charge in [-0.25, -0.2) is 0 Å². The van der Waals surface area contributed by atoms with Crippen molar-refractivity contribution in [2.24, 2.45) is 0 Å². The Morgan fingerprint density at radius 3 is 2.64 bits per heavy atom. The van der Waals surface area contributed by atoms with Crippen LogP contribution in [0.4, 0.5) is 0 Å². The summed E-state index contributed by atoms with van der Waals surface area (Å²) in [5.41, 5.74) is 6.97. The second kappa shape index (κ2) is 11.8. The molecule has 0 amide bonds. The van der Waals surface area contributed by atoms with Crippen LogP contribution in [0.3, 0.4) is 0 Å². The first-order valence-electron chi connectivity index (χ1n) is 12.8. The number of benzene rings is 3. The van der Waals surface area contributed by atoms with Crippen LogP contribution < -0.4 is 9.47 Å². The maximum Gasteiger partial charge on any atom is 0.304 e. The van der Waals surface area contributed by atoms with E-state index in [1.807, 2.05) is 24.3 Å². The van der Waals surface area contributed by atoms with Gasteiger partial charge in [-0.3, -0.25) is 4.79 Å². The van der Waals surface area contributed by atoms with Crippen molar-refractivity contribution in [2.75, 3.05) is 6.61 Å². The Morgan fingerprint density at radius 1 is 1.11 bits per heavy atom. The molecule has 1 aliphatic rings. The molecule has 186 valence electrons. The first-order valence-corrected chi connectivity index (χ1v) is 12.8. The molecule has 36 heavy (non-hydrogen) atoms. The van der Waals surface area contributed by atoms with Gasteiger partial charge in [-0.05, 0) is 79.6 Å². The fourth-order valence-electron chi connectivity index (χ4n) is 4.73. The highest BCUT2D eigenvalue weighted by atomic mass is 16.5. The predicted molar refractivity (Wildman–Crippen MR) is 144 cm³/mol. The van der Waals surface area contributed by atoms with Gasteiger partial charge >= 0.3 is 5.97 Å². The Hall–Kier alpha value is -3.71. The SMILES string of the molecule is CC#CC(CC(=O)O)c1ccc(OC2CCc3cc(-c4cc(C)ccc4OCCCC)ccc32)cc1. The topological polar surface area (TPSA) is 55.8 Å². The van der Waals surface area contributed by atoms with E-state index in [1.54, 1.807) is 6.92 Å². The fraction of sp³-hybridized carbons (Fsp3) is 0.344. The molecule has 0 heterocycles. The standard InChI is InChI=1S/C32H34O4/c1-4-6-18-35-30-16-8-22(3)19-29(30)26-11-15-28-25(20-26)12-17-31(28)36-27-13-9-23(10-14-27)24(7-5-2)21-32(33)34/h8-11,13-16,19-20,24,31H,4,6,12,17-18,21H2,1-3H3,(H,33,34). The van der Waals surface area contributed by atoms with Gasteiger partial charge in [0.05, 0.1) is 18.9 Å². The van der Waals surface area contributed by atoms with Crippen molar-refractivity contribution in [2.45, 2.75) is 64.9 Å². The number of ether oxygens (including phenoxy) is 2. The van der Waals surface area contributed by atoms with Crippen LogP contribution in [0.2, 0.25) is 0 Å². The molecular formula is C32H34O4. The van der Waals surface area contributed by atoms with Crippen molar-refractivity contribution in [3.05, 3.63) is 82.9 Å². The Labute approximate surface area is 214 Å². The van der Waals surface area contributed by atoms with Crippen LogP contribution in [0.1, 0.15) is 73.8 Å². The zero-order valence-electron chi connectivity index (χ0n) is 21.3. The van der Waals surface area contributed by atoms with Crippen molar-refractivity contribution < 1.29 is 19.4 Å². The summed E-state index contributed by atoms with van der Waals surface area (Å²) >= 11 is 0. The third-order valence-corrected chi connectivity index (χ3v) is 6.63. The number of aliphatic carboxylic acids is 1. The number of carboxylic acids is 1. The number of aryl methyl sites for hydroxylation is 2. The van der Waals surface area contributed by atoms with Crippen molar-refractivity contribution in [3.8, 4) is 34.5 Å². The van der Waals surface area contributed by atoms with E-state index in [9.17, 15) is 9.90 Å². The number of carboxylic acid groups (broad SMARTS) is 1. The Balaban J connectivity index is 1.50. The third kappa shape index (κ3) is 6.10. The summed E-state index contributed by atoms with van der Waals surface area (Å²) < 4.78 is 12.5. The van der Waals surface area contributed by atoms with Gasteiger partial charge in [0.15, 0.2) is 0 Å². The average molecular weight is 483 g/mol. The van der Waals surface area contributed by atoms with Gasteiger partial charge in [-0.2, -0.15) is 0 Å². The van der Waals surface area contributed by atoms with Crippen molar-refractivity contribution in [1.29, 1.82) is 0 Å². The van der Waals surface area contributed by atoms with Crippen LogP contribution in [-0.2, 0) is 11.2 Å². The van der Waals surface area contributed by atoms with E-state index in [-0.39, 0.29) is 18.4 Å². The minimum absolute atomic E-state index is 0.00272. The largest absolute Gasteiger partial charge is 0.493 e. The molecule has 4 nitrogen and oxygen atoms in total. The number of hydrogen-bond acceptors (Lipinski definition) is 3. The molecule has 0 fully saturated rings. The van der Waals surface area contributed by atoms with E-state index in [0.717, 1.165) is 54.9 Å². The van der Waals surface area contributed by atoms with E-state index in [2.05, 4.69) is 62.1 Å². The molecule has 0 radical (unpaired) electrons. The molecule has 2 unspecified atom stereocenters. The maximum atomic E-state index is 11.2. The molecule has 4 heteroatoms. The molecule has 1 N–H and O–H groups in total. The normalized spacial score (nSPS) is 14.9. The summed E-state index contributed by atoms with van der Waals surface area (Å²) in [6.45, 7) is 6.74. The van der Waals surface area contributed by atoms with Crippen LogP contribution in [-0.4, -0.2) is 17.7 Å². The first-order chi connectivity index (χ1) is 17.5. The van der Waals surface area contributed by atoms with Crippen LogP contribution in [0.5, 0.6) is 11.5 Å². The zero-order valence-corrected chi connectivity index (χ0v) is 21.3. The molecule has 3 aromatic rings. The highest BCUT2D eigenvalue weighted by Gasteiger charge is 2.25. The summed E-state index contributed by atoms with van der Waals surface area (Å²) in [5, 5.41) is 9.18. The van der Waals surface area contributed by atoms with E-state index < -0.39 is 5.97 Å². The van der Waals surface area contributed by atoms with Gasteiger partial charge in [0.2, 0.25) is 0 Å². The third-order valence-electron chi connectivity index (χ3n) is 6.63. The van der Waals surface area contributed by atoms with Gasteiger partial charge in [-0.15, -0.1) is 5.92 Å². The highest BCUT2D eigenvalue weighted by molar-refractivity contribution is 5.72. The van der Waals surface area contributed by atoms with Crippen molar-refractivity contribution in [3.63, 3.8) is 0 Å². The average Bonchev–Trinajstić information content (AvgIpc) is 3.27. The second-order valence-corrected chi connectivity index (χ2v) is 9.37. The maximum absolute atomic E-state index is 11.2. The number of carbonyl (C=O) groups is 1. The molecule has 1 aliphatic carbocycles. The molecule has 3 aromatic carbocycles. The molecule has 0 bridgehead atoms. The number of hydrogen-bond donors (Lipinski definition) is 1. The van der Waals surface area contributed by atoms with Crippen molar-refractivity contribution >= 4 is 5.97 Å². The van der Waals surface area contributed by atoms with Crippen LogP contribution in [0.25, 0.3) is 11.1 Å². The molecule has 0 aromatic heterocycles. The Kier molecular flexibility index (Phi) is 8.33. The van der Waals surface area contributed by atoms with Crippen molar-refractivity contribution in [1.82, 2.24) is 0 Å². The van der Waals surface area contributed by atoms with Gasteiger partial charge in [0, 0.05) is 5.56 Å². The lowest BCUT2D eigenvalue weighted by Crippen LogP contribution is -2.06. The van der Waals surface area contributed by atoms with E-state index in [0.29, 0.717) is 0 Å². The first kappa shape index (κ1) is 25.4. The molecule has 0 saturated carbocycles. The minimum atomic E-state index is -0.852. The van der Waals surface area contributed by atoms with E-state index in [4.69, 9.17) is 9.47 Å². The highest BCUT2D eigenvalue weighted by Crippen LogP contribution is 2.39. The molecule has 0 saturated heterocycles. The second-order valence-electron chi connectivity index (χ2n) is 9.37.